The quantitative estimate of drug-likeness (QED) is 0.378. The van der Waals surface area contributed by atoms with Crippen LogP contribution in [0, 0.1) is 17.6 Å². The molecule has 5 nitrogen and oxygen atoms in total. The van der Waals surface area contributed by atoms with Gasteiger partial charge >= 0.3 is 0 Å². The summed E-state index contributed by atoms with van der Waals surface area (Å²) in [5, 5.41) is 6.29. The Morgan fingerprint density at radius 1 is 1.35 bits per heavy atom. The Morgan fingerprint density at radius 3 is 3.00 bits per heavy atom. The van der Waals surface area contributed by atoms with Crippen molar-refractivity contribution in [3.8, 4) is 0 Å². The molecule has 2 rings (SSSR count). The van der Waals surface area contributed by atoms with Crippen LogP contribution in [0.2, 0.25) is 0 Å². The van der Waals surface area contributed by atoms with Crippen molar-refractivity contribution in [2.24, 2.45) is 10.9 Å². The fraction of sp³-hybridized carbons (Fsp3) is 0.632. The predicted molar refractivity (Wildman–Crippen MR) is 98.4 cm³/mol. The van der Waals surface area contributed by atoms with Crippen LogP contribution in [0.5, 0.6) is 0 Å². The van der Waals surface area contributed by atoms with Gasteiger partial charge in [0, 0.05) is 38.8 Å². The van der Waals surface area contributed by atoms with Gasteiger partial charge in [-0.15, -0.1) is 0 Å². The molecule has 0 spiro atoms. The highest BCUT2D eigenvalue weighted by atomic mass is 19.1. The normalized spacial score (nSPS) is 17.5. The van der Waals surface area contributed by atoms with E-state index in [1.54, 1.807) is 0 Å². The molecule has 7 heteroatoms. The van der Waals surface area contributed by atoms with E-state index in [1.165, 1.54) is 6.07 Å². The van der Waals surface area contributed by atoms with Gasteiger partial charge in [0.15, 0.2) is 5.96 Å². The van der Waals surface area contributed by atoms with Gasteiger partial charge in [0.2, 0.25) is 0 Å². The van der Waals surface area contributed by atoms with E-state index in [9.17, 15) is 8.78 Å². The number of rotatable bonds is 10. The average molecular weight is 369 g/mol. The van der Waals surface area contributed by atoms with Crippen LogP contribution in [0.1, 0.15) is 25.3 Å². The molecule has 0 aliphatic carbocycles. The lowest BCUT2D eigenvalue weighted by molar-refractivity contribution is 0.0893. The Balaban J connectivity index is 1.64. The zero-order valence-electron chi connectivity index (χ0n) is 15.4. The molecule has 0 bridgehead atoms. The van der Waals surface area contributed by atoms with Crippen molar-refractivity contribution in [1.82, 2.24) is 10.6 Å². The van der Waals surface area contributed by atoms with E-state index < -0.39 is 5.82 Å². The molecular weight excluding hydrogens is 340 g/mol. The van der Waals surface area contributed by atoms with Crippen molar-refractivity contribution < 1.29 is 18.3 Å². The first-order valence-corrected chi connectivity index (χ1v) is 9.30. The van der Waals surface area contributed by atoms with Crippen LogP contribution >= 0.6 is 0 Å². The number of hydrogen-bond acceptors (Lipinski definition) is 3. The highest BCUT2D eigenvalue weighted by Gasteiger charge is 2.15. The maximum atomic E-state index is 13.6. The average Bonchev–Trinajstić information content (AvgIpc) is 3.14. The summed E-state index contributed by atoms with van der Waals surface area (Å²) in [5.41, 5.74) is 0.359. The second kappa shape index (κ2) is 11.8. The minimum atomic E-state index is -0.425. The first kappa shape index (κ1) is 20.6. The van der Waals surface area contributed by atoms with Gasteiger partial charge in [-0.2, -0.15) is 0 Å². The molecule has 1 fully saturated rings. The summed E-state index contributed by atoms with van der Waals surface area (Å²) in [5.74, 6) is 0.389. The number of benzene rings is 1. The van der Waals surface area contributed by atoms with E-state index in [0.717, 1.165) is 51.3 Å². The van der Waals surface area contributed by atoms with Crippen LogP contribution in [0.25, 0.3) is 0 Å². The predicted octanol–water partition coefficient (Wildman–Crippen LogP) is 2.51. The molecule has 1 aromatic rings. The number of nitrogens with zero attached hydrogens (tertiary/aromatic N) is 1. The second-order valence-electron chi connectivity index (χ2n) is 6.33. The molecular formula is C19H29F2N3O2. The molecule has 0 aromatic heterocycles. The first-order valence-electron chi connectivity index (χ1n) is 9.30. The Morgan fingerprint density at radius 2 is 2.23 bits per heavy atom. The van der Waals surface area contributed by atoms with Crippen molar-refractivity contribution in [3.05, 3.63) is 35.4 Å². The van der Waals surface area contributed by atoms with Crippen LogP contribution in [-0.2, 0) is 15.9 Å². The third-order valence-electron chi connectivity index (χ3n) is 4.13. The van der Waals surface area contributed by atoms with Crippen LogP contribution in [0.4, 0.5) is 8.78 Å². The Labute approximate surface area is 154 Å². The molecule has 1 atom stereocenters. The standard InChI is InChI=1S/C19H29F2N3O2/c1-2-22-19(23-8-3-10-25-13-15-7-11-26-14-15)24-9-6-16-12-17(20)4-5-18(16)21/h4-5,12,15H,2-3,6-11,13-14H2,1H3,(H2,22,23,24). The largest absolute Gasteiger partial charge is 0.381 e. The van der Waals surface area contributed by atoms with Crippen molar-refractivity contribution in [2.45, 2.75) is 26.2 Å². The van der Waals surface area contributed by atoms with Crippen molar-refractivity contribution in [2.75, 3.05) is 46.1 Å². The van der Waals surface area contributed by atoms with Gasteiger partial charge in [0.05, 0.1) is 13.2 Å². The molecule has 0 radical (unpaired) electrons. The molecule has 146 valence electrons. The zero-order valence-corrected chi connectivity index (χ0v) is 15.4. The van der Waals surface area contributed by atoms with Gasteiger partial charge in [-0.3, -0.25) is 4.99 Å². The summed E-state index contributed by atoms with van der Waals surface area (Å²) in [6.45, 7) is 6.91. The fourth-order valence-electron chi connectivity index (χ4n) is 2.71. The summed E-state index contributed by atoms with van der Waals surface area (Å²) in [7, 11) is 0. The number of guanidine groups is 1. The van der Waals surface area contributed by atoms with Crippen LogP contribution in [-0.4, -0.2) is 52.0 Å². The third-order valence-corrected chi connectivity index (χ3v) is 4.13. The summed E-state index contributed by atoms with van der Waals surface area (Å²) < 4.78 is 37.8. The van der Waals surface area contributed by atoms with Gasteiger partial charge in [-0.05, 0) is 49.9 Å². The second-order valence-corrected chi connectivity index (χ2v) is 6.33. The van der Waals surface area contributed by atoms with E-state index in [2.05, 4.69) is 15.6 Å². The van der Waals surface area contributed by atoms with Crippen LogP contribution in [0.3, 0.4) is 0 Å². The zero-order chi connectivity index (χ0) is 18.6. The Kier molecular flexibility index (Phi) is 9.34. The van der Waals surface area contributed by atoms with Gasteiger partial charge < -0.3 is 20.1 Å². The van der Waals surface area contributed by atoms with E-state index in [1.807, 2.05) is 6.92 Å². The maximum Gasteiger partial charge on any atom is 0.191 e. The first-order chi connectivity index (χ1) is 12.7. The van der Waals surface area contributed by atoms with Gasteiger partial charge in [0.25, 0.3) is 0 Å². The molecule has 2 N–H and O–H groups in total. The van der Waals surface area contributed by atoms with Gasteiger partial charge in [0.1, 0.15) is 11.6 Å². The minimum Gasteiger partial charge on any atom is -0.381 e. The molecule has 1 unspecified atom stereocenters. The van der Waals surface area contributed by atoms with Crippen molar-refractivity contribution in [1.29, 1.82) is 0 Å². The number of halogens is 2. The van der Waals surface area contributed by atoms with E-state index in [4.69, 9.17) is 9.47 Å². The summed E-state index contributed by atoms with van der Waals surface area (Å²) in [4.78, 5) is 4.48. The Hall–Kier alpha value is -1.73. The van der Waals surface area contributed by atoms with Gasteiger partial charge in [-0.25, -0.2) is 8.78 Å². The maximum absolute atomic E-state index is 13.6. The number of aliphatic imine (C=N–C) groups is 1. The lowest BCUT2D eigenvalue weighted by Gasteiger charge is -2.12. The highest BCUT2D eigenvalue weighted by Crippen LogP contribution is 2.12. The molecule has 26 heavy (non-hydrogen) atoms. The smallest absolute Gasteiger partial charge is 0.191 e. The molecule has 0 saturated carbocycles. The molecule has 1 aliphatic rings. The molecule has 1 aliphatic heterocycles. The van der Waals surface area contributed by atoms with Crippen molar-refractivity contribution in [3.63, 3.8) is 0 Å². The SMILES string of the molecule is CCNC(=NCCCOCC1CCOC1)NCCc1cc(F)ccc1F. The monoisotopic (exact) mass is 369 g/mol. The molecule has 0 amide bonds. The number of hydrogen-bond donors (Lipinski definition) is 2. The van der Waals surface area contributed by atoms with E-state index in [-0.39, 0.29) is 5.82 Å². The molecule has 1 saturated heterocycles. The summed E-state index contributed by atoms with van der Waals surface area (Å²) in [6.07, 6.45) is 2.31. The van der Waals surface area contributed by atoms with E-state index >= 15 is 0 Å². The third kappa shape index (κ3) is 7.66. The fourth-order valence-corrected chi connectivity index (χ4v) is 2.71. The Bertz CT molecular complexity index is 564. The molecule has 1 heterocycles. The molecule has 1 aromatic carbocycles. The highest BCUT2D eigenvalue weighted by molar-refractivity contribution is 5.79. The topological polar surface area (TPSA) is 54.9 Å². The van der Waals surface area contributed by atoms with Gasteiger partial charge in [-0.1, -0.05) is 0 Å². The minimum absolute atomic E-state index is 0.359. The number of ether oxygens (including phenoxy) is 2. The summed E-state index contributed by atoms with van der Waals surface area (Å²) >= 11 is 0. The van der Waals surface area contributed by atoms with Crippen molar-refractivity contribution >= 4 is 5.96 Å². The summed E-state index contributed by atoms with van der Waals surface area (Å²) in [6, 6.07) is 3.51. The lowest BCUT2D eigenvalue weighted by Crippen LogP contribution is -2.38. The van der Waals surface area contributed by atoms with Crippen LogP contribution in [0.15, 0.2) is 23.2 Å². The lowest BCUT2D eigenvalue weighted by atomic mass is 10.1. The van der Waals surface area contributed by atoms with E-state index in [0.29, 0.717) is 43.6 Å². The number of nitrogens with one attached hydrogen (secondary N) is 2. The van der Waals surface area contributed by atoms with Crippen LogP contribution < -0.4 is 10.6 Å².